The largest absolute Gasteiger partial charge is 0.478 e. The van der Waals surface area contributed by atoms with Crippen LogP contribution < -0.4 is 0 Å². The monoisotopic (exact) mass is 409 g/mol. The standard InChI is InChI=1S/C23H23NO4S/c1-15-6-8-16(9-7-15)21-17-4-2-3-5-18(17)23(29-21)10-12-24(13-11-23)19(22(27)28)14-20(25)26/h2-9,14,21H,10-13H2,1H3,(H,25,26)(H,27,28). The Kier molecular flexibility index (Phi) is 5.13. The molecule has 2 N–H and O–H groups in total. The Labute approximate surface area is 174 Å². The number of aryl methyl sites for hydroxylation is 1. The van der Waals surface area contributed by atoms with Crippen molar-refractivity contribution < 1.29 is 19.8 Å². The molecule has 150 valence electrons. The summed E-state index contributed by atoms with van der Waals surface area (Å²) >= 11 is 1.95. The molecule has 2 aromatic carbocycles. The fourth-order valence-electron chi connectivity index (χ4n) is 4.38. The number of carbonyl (C=O) groups is 2. The van der Waals surface area contributed by atoms with Gasteiger partial charge in [-0.05, 0) is 36.5 Å². The van der Waals surface area contributed by atoms with E-state index in [-0.39, 0.29) is 15.7 Å². The van der Waals surface area contributed by atoms with Crippen LogP contribution in [-0.2, 0) is 14.3 Å². The molecule has 0 amide bonds. The van der Waals surface area contributed by atoms with Gasteiger partial charge in [0.15, 0.2) is 0 Å². The summed E-state index contributed by atoms with van der Waals surface area (Å²) in [6.07, 6.45) is 2.35. The first kappa shape index (κ1) is 19.6. The fourth-order valence-corrected chi connectivity index (χ4v) is 6.19. The number of nitrogens with zero attached hydrogens (tertiary/aromatic N) is 1. The van der Waals surface area contributed by atoms with Gasteiger partial charge in [-0.25, -0.2) is 9.59 Å². The van der Waals surface area contributed by atoms with Gasteiger partial charge >= 0.3 is 11.9 Å². The van der Waals surface area contributed by atoms with Crippen LogP contribution in [0, 0.1) is 6.92 Å². The molecule has 29 heavy (non-hydrogen) atoms. The topological polar surface area (TPSA) is 77.8 Å². The lowest BCUT2D eigenvalue weighted by Crippen LogP contribution is -2.41. The van der Waals surface area contributed by atoms with E-state index in [0.717, 1.165) is 18.9 Å². The highest BCUT2D eigenvalue weighted by Gasteiger charge is 2.47. The maximum absolute atomic E-state index is 11.5. The first-order chi connectivity index (χ1) is 13.9. The first-order valence-electron chi connectivity index (χ1n) is 9.66. The van der Waals surface area contributed by atoms with E-state index in [1.54, 1.807) is 4.90 Å². The minimum Gasteiger partial charge on any atom is -0.478 e. The van der Waals surface area contributed by atoms with Crippen molar-refractivity contribution in [3.05, 3.63) is 82.6 Å². The molecule has 1 atom stereocenters. The molecule has 2 aliphatic heterocycles. The van der Waals surface area contributed by atoms with Crippen LogP contribution >= 0.6 is 11.8 Å². The van der Waals surface area contributed by atoms with Crippen LogP contribution in [0.3, 0.4) is 0 Å². The lowest BCUT2D eigenvalue weighted by molar-refractivity contribution is -0.136. The zero-order chi connectivity index (χ0) is 20.6. The molecule has 1 spiro atoms. The number of fused-ring (bicyclic) bond motifs is 2. The molecule has 2 heterocycles. The van der Waals surface area contributed by atoms with Crippen molar-refractivity contribution in [2.24, 2.45) is 0 Å². The molecule has 2 aromatic rings. The fraction of sp³-hybridized carbons (Fsp3) is 0.304. The summed E-state index contributed by atoms with van der Waals surface area (Å²) in [5, 5.41) is 18.7. The molecule has 0 aliphatic carbocycles. The Balaban J connectivity index is 1.62. The molecule has 1 saturated heterocycles. The Morgan fingerprint density at radius 3 is 2.34 bits per heavy atom. The molecule has 4 rings (SSSR count). The molecule has 1 fully saturated rings. The molecule has 1 unspecified atom stereocenters. The Morgan fingerprint density at radius 2 is 1.72 bits per heavy atom. The lowest BCUT2D eigenvalue weighted by Gasteiger charge is -2.40. The number of carboxylic acid groups (broad SMARTS) is 2. The highest BCUT2D eigenvalue weighted by Crippen LogP contribution is 2.61. The van der Waals surface area contributed by atoms with E-state index in [1.807, 2.05) is 11.8 Å². The number of thioether (sulfide) groups is 1. The van der Waals surface area contributed by atoms with Crippen molar-refractivity contribution in [2.45, 2.75) is 29.8 Å². The van der Waals surface area contributed by atoms with Gasteiger partial charge < -0.3 is 15.1 Å². The summed E-state index contributed by atoms with van der Waals surface area (Å²) in [5.74, 6) is -2.43. The molecule has 0 radical (unpaired) electrons. The lowest BCUT2D eigenvalue weighted by atomic mass is 9.84. The minimum absolute atomic E-state index is 0.0739. The number of hydrogen-bond donors (Lipinski definition) is 2. The second-order valence-corrected chi connectivity index (χ2v) is 9.14. The van der Waals surface area contributed by atoms with Gasteiger partial charge in [0.1, 0.15) is 5.70 Å². The van der Waals surface area contributed by atoms with Crippen LogP contribution in [0.4, 0.5) is 0 Å². The third kappa shape index (κ3) is 3.65. The van der Waals surface area contributed by atoms with E-state index in [4.69, 9.17) is 5.11 Å². The first-order valence-corrected chi connectivity index (χ1v) is 10.5. The molecule has 0 aromatic heterocycles. The number of aliphatic carboxylic acids is 2. The second kappa shape index (κ2) is 7.59. The van der Waals surface area contributed by atoms with Crippen molar-refractivity contribution in [1.29, 1.82) is 0 Å². The summed E-state index contributed by atoms with van der Waals surface area (Å²) in [5.41, 5.74) is 5.03. The minimum atomic E-state index is -1.23. The van der Waals surface area contributed by atoms with Crippen molar-refractivity contribution in [3.63, 3.8) is 0 Å². The molecule has 0 bridgehead atoms. The molecule has 0 saturated carbocycles. The van der Waals surface area contributed by atoms with Crippen LogP contribution in [0.2, 0.25) is 0 Å². The van der Waals surface area contributed by atoms with Crippen molar-refractivity contribution >= 4 is 23.7 Å². The number of likely N-dealkylation sites (tertiary alicyclic amines) is 1. The maximum atomic E-state index is 11.5. The van der Waals surface area contributed by atoms with E-state index in [9.17, 15) is 14.7 Å². The number of benzene rings is 2. The number of rotatable bonds is 4. The third-order valence-corrected chi connectivity index (χ3v) is 7.69. The SMILES string of the molecule is Cc1ccc(C2SC3(CCN(C(=CC(=O)O)C(=O)O)CC3)c3ccccc32)cc1. The van der Waals surface area contributed by atoms with Gasteiger partial charge in [-0.1, -0.05) is 54.1 Å². The van der Waals surface area contributed by atoms with Gasteiger partial charge in [0.25, 0.3) is 0 Å². The highest BCUT2D eigenvalue weighted by molar-refractivity contribution is 8.01. The zero-order valence-corrected chi connectivity index (χ0v) is 17.0. The van der Waals surface area contributed by atoms with Gasteiger partial charge in [-0.3, -0.25) is 0 Å². The predicted octanol–water partition coefficient (Wildman–Crippen LogP) is 4.18. The van der Waals surface area contributed by atoms with Crippen LogP contribution in [0.25, 0.3) is 0 Å². The second-order valence-electron chi connectivity index (χ2n) is 7.65. The maximum Gasteiger partial charge on any atom is 0.352 e. The van der Waals surface area contributed by atoms with Gasteiger partial charge in [0, 0.05) is 17.8 Å². The average molecular weight is 410 g/mol. The van der Waals surface area contributed by atoms with Gasteiger partial charge in [-0.2, -0.15) is 0 Å². The van der Waals surface area contributed by atoms with Crippen molar-refractivity contribution in [3.8, 4) is 0 Å². The normalized spacial score (nSPS) is 20.5. The third-order valence-electron chi connectivity index (χ3n) is 5.85. The summed E-state index contributed by atoms with van der Waals surface area (Å²) in [6.45, 7) is 3.13. The Morgan fingerprint density at radius 1 is 1.07 bits per heavy atom. The zero-order valence-electron chi connectivity index (χ0n) is 16.2. The van der Waals surface area contributed by atoms with Gasteiger partial charge in [-0.15, -0.1) is 11.8 Å². The predicted molar refractivity (Wildman–Crippen MR) is 113 cm³/mol. The Hall–Kier alpha value is -2.73. The quantitative estimate of drug-likeness (QED) is 0.738. The summed E-state index contributed by atoms with van der Waals surface area (Å²) in [6, 6.07) is 17.2. The van der Waals surface area contributed by atoms with Gasteiger partial charge in [0.05, 0.1) is 11.3 Å². The molecule has 6 heteroatoms. The average Bonchev–Trinajstić information content (AvgIpc) is 3.02. The van der Waals surface area contributed by atoms with Crippen molar-refractivity contribution in [1.82, 2.24) is 4.90 Å². The number of hydrogen-bond acceptors (Lipinski definition) is 4. The summed E-state index contributed by atoms with van der Waals surface area (Å²) in [7, 11) is 0. The van der Waals surface area contributed by atoms with E-state index in [1.165, 1.54) is 22.3 Å². The van der Waals surface area contributed by atoms with E-state index in [2.05, 4.69) is 55.5 Å². The molecular weight excluding hydrogens is 386 g/mol. The smallest absolute Gasteiger partial charge is 0.352 e. The number of piperidine rings is 1. The molecular formula is C23H23NO4S. The molecule has 2 aliphatic rings. The van der Waals surface area contributed by atoms with Crippen LogP contribution in [0.5, 0.6) is 0 Å². The highest BCUT2D eigenvalue weighted by atomic mass is 32.2. The van der Waals surface area contributed by atoms with Gasteiger partial charge in [0.2, 0.25) is 0 Å². The number of carboxylic acids is 2. The van der Waals surface area contributed by atoms with E-state index < -0.39 is 11.9 Å². The summed E-state index contributed by atoms with van der Waals surface area (Å²) < 4.78 is -0.0739. The Bertz CT molecular complexity index is 975. The van der Waals surface area contributed by atoms with Crippen LogP contribution in [0.1, 0.15) is 40.3 Å². The van der Waals surface area contributed by atoms with Crippen molar-refractivity contribution in [2.75, 3.05) is 13.1 Å². The van der Waals surface area contributed by atoms with Crippen LogP contribution in [0.15, 0.2) is 60.3 Å². The summed E-state index contributed by atoms with van der Waals surface area (Å²) in [4.78, 5) is 24.2. The van der Waals surface area contributed by atoms with Crippen LogP contribution in [-0.4, -0.2) is 40.1 Å². The molecule has 5 nitrogen and oxygen atoms in total. The van der Waals surface area contributed by atoms with E-state index >= 15 is 0 Å². The van der Waals surface area contributed by atoms with E-state index in [0.29, 0.717) is 13.1 Å².